The fourth-order valence-electron chi connectivity index (χ4n) is 4.91. The standard InChI is InChI=1S/C21H27N3O5S/c1-21(15-7-3-2-4-8-15)19(26)23(20(27)22-21)13-18(25)24(16-9-5-6-10-16)17-11-12-30(28,29)14-17/h2-4,7-8,16-17H,5-6,9-14H2,1H3,(H,22,27)/t17-,21-/m1/s1. The van der Waals surface area contributed by atoms with E-state index in [-0.39, 0.29) is 36.0 Å². The quantitative estimate of drug-likeness (QED) is 0.707. The molecule has 1 saturated carbocycles. The Morgan fingerprint density at radius 1 is 1.13 bits per heavy atom. The van der Waals surface area contributed by atoms with Crippen molar-refractivity contribution >= 4 is 27.7 Å². The van der Waals surface area contributed by atoms with E-state index in [1.165, 1.54) is 0 Å². The molecule has 4 amide bonds. The largest absolute Gasteiger partial charge is 0.334 e. The smallest absolute Gasteiger partial charge is 0.325 e. The van der Waals surface area contributed by atoms with Crippen LogP contribution in [0.15, 0.2) is 30.3 Å². The van der Waals surface area contributed by atoms with Crippen LogP contribution < -0.4 is 5.32 Å². The highest BCUT2D eigenvalue weighted by molar-refractivity contribution is 7.91. The van der Waals surface area contributed by atoms with E-state index in [9.17, 15) is 22.8 Å². The molecule has 1 aliphatic carbocycles. The molecule has 9 heteroatoms. The van der Waals surface area contributed by atoms with Crippen molar-refractivity contribution in [3.05, 3.63) is 35.9 Å². The van der Waals surface area contributed by atoms with Crippen LogP contribution in [0.4, 0.5) is 4.79 Å². The summed E-state index contributed by atoms with van der Waals surface area (Å²) < 4.78 is 24.0. The topological polar surface area (TPSA) is 104 Å². The summed E-state index contributed by atoms with van der Waals surface area (Å²) in [6.45, 7) is 1.26. The Labute approximate surface area is 176 Å². The summed E-state index contributed by atoms with van der Waals surface area (Å²) in [5.41, 5.74) is -0.583. The number of carbonyl (C=O) groups is 3. The van der Waals surface area contributed by atoms with Gasteiger partial charge in [-0.1, -0.05) is 43.2 Å². The third-order valence-electron chi connectivity index (χ3n) is 6.53. The zero-order chi connectivity index (χ0) is 21.5. The van der Waals surface area contributed by atoms with Gasteiger partial charge in [-0.15, -0.1) is 0 Å². The molecule has 1 aromatic rings. The molecule has 2 heterocycles. The highest BCUT2D eigenvalue weighted by atomic mass is 32.2. The summed E-state index contributed by atoms with van der Waals surface area (Å²) in [6.07, 6.45) is 4.03. The first-order valence-corrected chi connectivity index (χ1v) is 12.2. The molecule has 0 unspecified atom stereocenters. The van der Waals surface area contributed by atoms with Gasteiger partial charge in [0, 0.05) is 12.1 Å². The molecular weight excluding hydrogens is 406 g/mol. The highest BCUT2D eigenvalue weighted by Gasteiger charge is 2.50. The molecule has 30 heavy (non-hydrogen) atoms. The molecule has 3 fully saturated rings. The summed E-state index contributed by atoms with van der Waals surface area (Å²) in [5, 5.41) is 2.71. The van der Waals surface area contributed by atoms with Crippen LogP contribution in [0.25, 0.3) is 0 Å². The van der Waals surface area contributed by atoms with Gasteiger partial charge in [0.1, 0.15) is 12.1 Å². The zero-order valence-electron chi connectivity index (χ0n) is 17.0. The third kappa shape index (κ3) is 3.71. The number of imide groups is 1. The second kappa shape index (κ2) is 7.68. The first-order valence-electron chi connectivity index (χ1n) is 10.4. The molecular formula is C21H27N3O5S. The lowest BCUT2D eigenvalue weighted by atomic mass is 9.92. The molecule has 2 atom stereocenters. The van der Waals surface area contributed by atoms with Gasteiger partial charge in [0.05, 0.1) is 11.5 Å². The van der Waals surface area contributed by atoms with Crippen LogP contribution >= 0.6 is 0 Å². The maximum atomic E-state index is 13.3. The second-order valence-electron chi connectivity index (χ2n) is 8.61. The Bertz CT molecular complexity index is 958. The van der Waals surface area contributed by atoms with E-state index in [2.05, 4.69) is 5.32 Å². The second-order valence-corrected chi connectivity index (χ2v) is 10.8. The van der Waals surface area contributed by atoms with E-state index in [4.69, 9.17) is 0 Å². The number of hydrogen-bond acceptors (Lipinski definition) is 5. The van der Waals surface area contributed by atoms with Crippen molar-refractivity contribution in [1.82, 2.24) is 15.1 Å². The molecule has 0 spiro atoms. The maximum absolute atomic E-state index is 13.3. The summed E-state index contributed by atoms with van der Waals surface area (Å²) in [4.78, 5) is 41.6. The Kier molecular flexibility index (Phi) is 5.34. The number of nitrogens with zero attached hydrogens (tertiary/aromatic N) is 2. The van der Waals surface area contributed by atoms with E-state index >= 15 is 0 Å². The minimum Gasteiger partial charge on any atom is -0.334 e. The average Bonchev–Trinajstić information content (AvgIpc) is 3.40. The average molecular weight is 434 g/mol. The predicted octanol–water partition coefficient (Wildman–Crippen LogP) is 1.41. The van der Waals surface area contributed by atoms with Crippen molar-refractivity contribution in [2.75, 3.05) is 18.1 Å². The van der Waals surface area contributed by atoms with E-state index in [0.717, 1.165) is 30.6 Å². The number of sulfone groups is 1. The van der Waals surface area contributed by atoms with Crippen molar-refractivity contribution in [1.29, 1.82) is 0 Å². The van der Waals surface area contributed by atoms with E-state index < -0.39 is 27.3 Å². The van der Waals surface area contributed by atoms with Crippen molar-refractivity contribution in [3.8, 4) is 0 Å². The number of carbonyl (C=O) groups excluding carboxylic acids is 3. The van der Waals surface area contributed by atoms with Crippen LogP contribution in [0.3, 0.4) is 0 Å². The van der Waals surface area contributed by atoms with E-state index in [1.54, 1.807) is 36.1 Å². The Balaban J connectivity index is 1.55. The Morgan fingerprint density at radius 3 is 2.40 bits per heavy atom. The predicted molar refractivity (Wildman–Crippen MR) is 110 cm³/mol. The maximum Gasteiger partial charge on any atom is 0.325 e. The van der Waals surface area contributed by atoms with Crippen LogP contribution in [0.2, 0.25) is 0 Å². The third-order valence-corrected chi connectivity index (χ3v) is 8.28. The van der Waals surface area contributed by atoms with Gasteiger partial charge in [0.15, 0.2) is 9.84 Å². The highest BCUT2D eigenvalue weighted by Crippen LogP contribution is 2.31. The SMILES string of the molecule is C[C@]1(c2ccccc2)NC(=O)N(CC(=O)N(C2CCCC2)[C@@H]2CCS(=O)(=O)C2)C1=O. The number of amides is 4. The van der Waals surface area contributed by atoms with Gasteiger partial charge in [0.25, 0.3) is 5.91 Å². The molecule has 8 nitrogen and oxygen atoms in total. The molecule has 0 radical (unpaired) electrons. The van der Waals surface area contributed by atoms with Gasteiger partial charge in [-0.05, 0) is 31.7 Å². The van der Waals surface area contributed by atoms with Crippen LogP contribution in [-0.4, -0.2) is 66.2 Å². The first-order chi connectivity index (χ1) is 14.2. The summed E-state index contributed by atoms with van der Waals surface area (Å²) >= 11 is 0. The van der Waals surface area contributed by atoms with Gasteiger partial charge in [0.2, 0.25) is 5.91 Å². The van der Waals surface area contributed by atoms with Crippen LogP contribution in [-0.2, 0) is 25.0 Å². The fourth-order valence-corrected chi connectivity index (χ4v) is 6.62. The molecule has 1 aromatic carbocycles. The van der Waals surface area contributed by atoms with Gasteiger partial charge < -0.3 is 10.2 Å². The van der Waals surface area contributed by atoms with Crippen molar-refractivity contribution in [2.24, 2.45) is 0 Å². The van der Waals surface area contributed by atoms with Crippen molar-refractivity contribution in [2.45, 2.75) is 56.7 Å². The van der Waals surface area contributed by atoms with Crippen molar-refractivity contribution in [3.63, 3.8) is 0 Å². The lowest BCUT2D eigenvalue weighted by Crippen LogP contribution is -2.51. The normalized spacial score (nSPS) is 28.7. The zero-order valence-corrected chi connectivity index (χ0v) is 17.9. The van der Waals surface area contributed by atoms with Crippen LogP contribution in [0.5, 0.6) is 0 Å². The molecule has 0 aromatic heterocycles. The molecule has 2 saturated heterocycles. The molecule has 1 N–H and O–H groups in total. The van der Waals surface area contributed by atoms with Gasteiger partial charge in [-0.25, -0.2) is 13.2 Å². The Hall–Kier alpha value is -2.42. The number of hydrogen-bond donors (Lipinski definition) is 1. The van der Waals surface area contributed by atoms with Crippen LogP contribution in [0, 0.1) is 0 Å². The summed E-state index contributed by atoms with van der Waals surface area (Å²) in [5.74, 6) is -0.803. The molecule has 4 rings (SSSR count). The number of urea groups is 1. The number of nitrogens with one attached hydrogen (secondary N) is 1. The number of benzene rings is 1. The number of rotatable bonds is 5. The fraction of sp³-hybridized carbons (Fsp3) is 0.571. The van der Waals surface area contributed by atoms with E-state index in [0.29, 0.717) is 12.0 Å². The Morgan fingerprint density at radius 2 is 1.80 bits per heavy atom. The lowest BCUT2D eigenvalue weighted by Gasteiger charge is -2.35. The molecule has 162 valence electrons. The van der Waals surface area contributed by atoms with Crippen molar-refractivity contribution < 1.29 is 22.8 Å². The van der Waals surface area contributed by atoms with Gasteiger partial charge >= 0.3 is 6.03 Å². The minimum absolute atomic E-state index is 0.0305. The van der Waals surface area contributed by atoms with Crippen LogP contribution in [0.1, 0.15) is 44.6 Å². The summed E-state index contributed by atoms with van der Waals surface area (Å²) in [7, 11) is -3.16. The molecule has 3 aliphatic rings. The van der Waals surface area contributed by atoms with Gasteiger partial charge in [-0.2, -0.15) is 0 Å². The molecule has 0 bridgehead atoms. The lowest BCUT2D eigenvalue weighted by molar-refractivity contribution is -0.141. The summed E-state index contributed by atoms with van der Waals surface area (Å²) in [6, 6.07) is 7.90. The monoisotopic (exact) mass is 433 g/mol. The van der Waals surface area contributed by atoms with Gasteiger partial charge in [-0.3, -0.25) is 14.5 Å². The first kappa shape index (κ1) is 20.8. The minimum atomic E-state index is -3.16. The molecule has 2 aliphatic heterocycles. The van der Waals surface area contributed by atoms with E-state index in [1.807, 2.05) is 6.07 Å².